The van der Waals surface area contributed by atoms with Crippen molar-refractivity contribution in [3.8, 4) is 0 Å². The van der Waals surface area contributed by atoms with Crippen LogP contribution in [0.4, 0.5) is 0 Å². The van der Waals surface area contributed by atoms with Crippen molar-refractivity contribution in [3.63, 3.8) is 0 Å². The fourth-order valence-electron chi connectivity index (χ4n) is 3.16. The Labute approximate surface area is 143 Å². The van der Waals surface area contributed by atoms with Gasteiger partial charge in [-0.15, -0.1) is 0 Å². The van der Waals surface area contributed by atoms with Crippen LogP contribution in [-0.4, -0.2) is 73.7 Å². The number of rotatable bonds is 11. The smallest absolute Gasteiger partial charge is 0.191 e. The van der Waals surface area contributed by atoms with Gasteiger partial charge < -0.3 is 10.6 Å². The third-order valence-corrected chi connectivity index (χ3v) is 4.60. The van der Waals surface area contributed by atoms with Crippen LogP contribution < -0.4 is 10.6 Å². The fraction of sp³-hybridized carbons (Fsp3) is 0.944. The molecule has 5 heteroatoms. The van der Waals surface area contributed by atoms with Crippen LogP contribution in [0.2, 0.25) is 0 Å². The predicted molar refractivity (Wildman–Crippen MR) is 101 cm³/mol. The van der Waals surface area contributed by atoms with Crippen LogP contribution in [0.25, 0.3) is 0 Å². The normalized spacial score (nSPS) is 16.0. The lowest BCUT2D eigenvalue weighted by Gasteiger charge is -2.30. The molecule has 0 amide bonds. The zero-order valence-electron chi connectivity index (χ0n) is 16.2. The molecule has 0 saturated heterocycles. The molecule has 0 unspecified atom stereocenters. The quantitative estimate of drug-likeness (QED) is 0.347. The van der Waals surface area contributed by atoms with Gasteiger partial charge in [-0.1, -0.05) is 6.92 Å². The molecule has 1 aliphatic rings. The lowest BCUT2D eigenvalue weighted by atomic mass is 10.2. The summed E-state index contributed by atoms with van der Waals surface area (Å²) in [5.74, 6) is 0.928. The Kier molecular flexibility index (Phi) is 9.56. The molecule has 0 bridgehead atoms. The van der Waals surface area contributed by atoms with E-state index in [0.29, 0.717) is 12.1 Å². The van der Waals surface area contributed by atoms with Gasteiger partial charge in [0.25, 0.3) is 0 Å². The Hall–Kier alpha value is -0.810. The minimum atomic E-state index is 0.606. The Balaban J connectivity index is 2.16. The van der Waals surface area contributed by atoms with E-state index in [9.17, 15) is 0 Å². The minimum Gasteiger partial charge on any atom is -0.356 e. The molecule has 2 N–H and O–H groups in total. The Morgan fingerprint density at radius 2 is 1.65 bits per heavy atom. The van der Waals surface area contributed by atoms with E-state index in [2.05, 4.69) is 60.0 Å². The van der Waals surface area contributed by atoms with Gasteiger partial charge >= 0.3 is 0 Å². The molecule has 1 fully saturated rings. The van der Waals surface area contributed by atoms with Gasteiger partial charge in [-0.25, -0.2) is 0 Å². The summed E-state index contributed by atoms with van der Waals surface area (Å²) in [6, 6.07) is 2.06. The van der Waals surface area contributed by atoms with E-state index in [1.807, 2.05) is 7.05 Å². The molecule has 0 aromatic carbocycles. The average molecular weight is 326 g/mol. The monoisotopic (exact) mass is 325 g/mol. The third kappa shape index (κ3) is 8.02. The van der Waals surface area contributed by atoms with Crippen LogP contribution in [0.5, 0.6) is 0 Å². The van der Waals surface area contributed by atoms with Crippen molar-refractivity contribution < 1.29 is 0 Å². The number of nitrogens with zero attached hydrogens (tertiary/aromatic N) is 3. The van der Waals surface area contributed by atoms with Crippen LogP contribution in [0.3, 0.4) is 0 Å². The molecule has 23 heavy (non-hydrogen) atoms. The Morgan fingerprint density at radius 3 is 2.13 bits per heavy atom. The summed E-state index contributed by atoms with van der Waals surface area (Å²) in [7, 11) is 1.85. The highest BCUT2D eigenvalue weighted by Gasteiger charge is 2.27. The van der Waals surface area contributed by atoms with Crippen molar-refractivity contribution in [1.29, 1.82) is 0 Å². The number of likely N-dealkylation sites (N-methyl/N-ethyl adjacent to an activating group) is 1. The summed E-state index contributed by atoms with van der Waals surface area (Å²) in [5, 5.41) is 6.87. The van der Waals surface area contributed by atoms with E-state index in [-0.39, 0.29) is 0 Å². The highest BCUT2D eigenvalue weighted by molar-refractivity contribution is 5.79. The van der Waals surface area contributed by atoms with E-state index in [1.54, 1.807) is 0 Å². The van der Waals surface area contributed by atoms with Crippen molar-refractivity contribution >= 4 is 5.96 Å². The molecular formula is C18H39N5. The maximum atomic E-state index is 4.32. The number of aliphatic imine (C=N–C) groups is 1. The van der Waals surface area contributed by atoms with E-state index in [4.69, 9.17) is 0 Å². The van der Waals surface area contributed by atoms with Crippen LogP contribution in [-0.2, 0) is 0 Å². The molecule has 0 aliphatic heterocycles. The molecule has 0 radical (unpaired) electrons. The summed E-state index contributed by atoms with van der Waals surface area (Å²) in [6.07, 6.45) is 3.90. The topological polar surface area (TPSA) is 42.9 Å². The zero-order chi connectivity index (χ0) is 17.2. The first-order chi connectivity index (χ1) is 11.0. The molecule has 5 nitrogen and oxygen atoms in total. The Bertz CT molecular complexity index is 328. The SMILES string of the molecule is CCN(CCNC(=NC)NCCCN(C(C)C)C(C)C)C1CC1. The van der Waals surface area contributed by atoms with Crippen molar-refractivity contribution in [2.75, 3.05) is 39.8 Å². The van der Waals surface area contributed by atoms with Crippen LogP contribution in [0.15, 0.2) is 4.99 Å². The first kappa shape index (κ1) is 20.2. The third-order valence-electron chi connectivity index (χ3n) is 4.60. The predicted octanol–water partition coefficient (Wildman–Crippen LogP) is 2.14. The van der Waals surface area contributed by atoms with Gasteiger partial charge in [0.1, 0.15) is 0 Å². The van der Waals surface area contributed by atoms with Crippen LogP contribution >= 0.6 is 0 Å². The minimum absolute atomic E-state index is 0.606. The van der Waals surface area contributed by atoms with Crippen molar-refractivity contribution in [1.82, 2.24) is 20.4 Å². The number of hydrogen-bond donors (Lipinski definition) is 2. The van der Waals surface area contributed by atoms with Gasteiger partial charge in [-0.05, 0) is 53.5 Å². The second-order valence-corrected chi connectivity index (χ2v) is 7.06. The van der Waals surface area contributed by atoms with E-state index < -0.39 is 0 Å². The van der Waals surface area contributed by atoms with E-state index in [0.717, 1.165) is 51.1 Å². The van der Waals surface area contributed by atoms with Gasteiger partial charge in [-0.2, -0.15) is 0 Å². The van der Waals surface area contributed by atoms with Gasteiger partial charge in [0.2, 0.25) is 0 Å². The Morgan fingerprint density at radius 1 is 1.04 bits per heavy atom. The highest BCUT2D eigenvalue weighted by atomic mass is 15.2. The molecule has 1 aliphatic carbocycles. The molecule has 0 aromatic rings. The van der Waals surface area contributed by atoms with Gasteiger partial charge in [0.15, 0.2) is 5.96 Å². The standard InChI is InChI=1S/C18H39N5/c1-7-22(17-9-10-17)14-12-21-18(19-6)20-11-8-13-23(15(2)3)16(4)5/h15-17H,7-14H2,1-6H3,(H2,19,20,21). The van der Waals surface area contributed by atoms with Crippen LogP contribution in [0, 0.1) is 0 Å². The summed E-state index contributed by atoms with van der Waals surface area (Å²) >= 11 is 0. The second kappa shape index (κ2) is 10.9. The molecular weight excluding hydrogens is 286 g/mol. The van der Waals surface area contributed by atoms with Crippen LogP contribution in [0.1, 0.15) is 53.9 Å². The first-order valence-corrected chi connectivity index (χ1v) is 9.43. The molecule has 1 rings (SSSR count). The molecule has 0 heterocycles. The molecule has 0 aromatic heterocycles. The first-order valence-electron chi connectivity index (χ1n) is 9.43. The molecule has 0 spiro atoms. The summed E-state index contributed by atoms with van der Waals surface area (Å²) in [6.45, 7) is 16.7. The van der Waals surface area contributed by atoms with Gasteiger partial charge in [0, 0.05) is 51.4 Å². The second-order valence-electron chi connectivity index (χ2n) is 7.06. The fourth-order valence-corrected chi connectivity index (χ4v) is 3.16. The lowest BCUT2D eigenvalue weighted by molar-refractivity contribution is 0.173. The summed E-state index contributed by atoms with van der Waals surface area (Å²) in [5.41, 5.74) is 0. The average Bonchev–Trinajstić information content (AvgIpc) is 3.33. The number of hydrogen-bond acceptors (Lipinski definition) is 3. The summed E-state index contributed by atoms with van der Waals surface area (Å²) in [4.78, 5) is 9.41. The van der Waals surface area contributed by atoms with Crippen molar-refractivity contribution in [2.45, 2.75) is 72.0 Å². The largest absolute Gasteiger partial charge is 0.356 e. The van der Waals surface area contributed by atoms with Crippen molar-refractivity contribution in [2.24, 2.45) is 4.99 Å². The van der Waals surface area contributed by atoms with Crippen molar-refractivity contribution in [3.05, 3.63) is 0 Å². The highest BCUT2D eigenvalue weighted by Crippen LogP contribution is 2.25. The lowest BCUT2D eigenvalue weighted by Crippen LogP contribution is -2.43. The molecule has 1 saturated carbocycles. The number of nitrogens with one attached hydrogen (secondary N) is 2. The zero-order valence-corrected chi connectivity index (χ0v) is 16.2. The van der Waals surface area contributed by atoms with E-state index >= 15 is 0 Å². The number of guanidine groups is 1. The summed E-state index contributed by atoms with van der Waals surface area (Å²) < 4.78 is 0. The van der Waals surface area contributed by atoms with Gasteiger partial charge in [-0.3, -0.25) is 14.8 Å². The van der Waals surface area contributed by atoms with E-state index in [1.165, 1.54) is 12.8 Å². The maximum Gasteiger partial charge on any atom is 0.191 e. The molecule has 136 valence electrons. The molecule has 0 atom stereocenters. The van der Waals surface area contributed by atoms with Gasteiger partial charge in [0.05, 0.1) is 0 Å². The maximum absolute atomic E-state index is 4.32.